The molecule has 2 aliphatic rings. The van der Waals surface area contributed by atoms with Crippen molar-refractivity contribution in [3.63, 3.8) is 0 Å². The molecule has 2 aromatic rings. The molecule has 0 spiro atoms. The first-order valence-electron chi connectivity index (χ1n) is 10.3. The first-order valence-corrected chi connectivity index (χ1v) is 10.3. The van der Waals surface area contributed by atoms with Crippen LogP contribution in [0.2, 0.25) is 0 Å². The van der Waals surface area contributed by atoms with E-state index in [0.717, 1.165) is 13.1 Å². The number of ketones is 1. The largest absolute Gasteiger partial charge is 0.507 e. The molecule has 2 aromatic carbocycles. The van der Waals surface area contributed by atoms with Crippen molar-refractivity contribution < 1.29 is 29.0 Å². The third kappa shape index (κ3) is 3.87. The van der Waals surface area contributed by atoms with Crippen LogP contribution in [0.3, 0.4) is 0 Å². The van der Waals surface area contributed by atoms with Crippen LogP contribution in [0.5, 0.6) is 23.0 Å². The minimum atomic E-state index is -0.196. The van der Waals surface area contributed by atoms with E-state index in [2.05, 4.69) is 6.92 Å². The molecule has 6 heteroatoms. The van der Waals surface area contributed by atoms with Gasteiger partial charge in [-0.2, -0.15) is 0 Å². The summed E-state index contributed by atoms with van der Waals surface area (Å²) < 4.78 is 16.7. The number of allylic oxidation sites excluding steroid dienone is 1. The number of hydrogen-bond acceptors (Lipinski definition) is 5. The molecule has 158 valence electrons. The zero-order valence-corrected chi connectivity index (χ0v) is 17.7. The smallest absolute Gasteiger partial charge is 0.231 e. The number of phenolic OH excluding ortho intramolecular Hbond substituents is 1. The van der Waals surface area contributed by atoms with Gasteiger partial charge in [0.15, 0.2) is 11.5 Å². The standard InChI is InChI=1S/C24H27NO5/c1-15-5-4-10-25(13-15)14-19-20(26)8-7-18-23(27)22(30-24(18)19)12-16-11-17(28-2)6-9-21(16)29-3/h6-9,11-12,15,26H,4-5,10,13-14H2,1-3H3/p+1/b22-12-/t15-/m1/s1. The monoisotopic (exact) mass is 410 g/mol. The van der Waals surface area contributed by atoms with Crippen LogP contribution >= 0.6 is 0 Å². The fraction of sp³-hybridized carbons (Fsp3) is 0.375. The van der Waals surface area contributed by atoms with Gasteiger partial charge in [0.25, 0.3) is 0 Å². The summed E-state index contributed by atoms with van der Waals surface area (Å²) in [5.41, 5.74) is 1.88. The van der Waals surface area contributed by atoms with Gasteiger partial charge in [0.05, 0.1) is 38.4 Å². The first kappa shape index (κ1) is 20.3. The summed E-state index contributed by atoms with van der Waals surface area (Å²) in [6.07, 6.45) is 4.08. The first-order chi connectivity index (χ1) is 14.5. The SMILES string of the molecule is COc1ccc(OC)c(/C=C2\Oc3c(ccc(O)c3C[NH+]3CCC[C@@H](C)C3)C2=O)c1. The topological polar surface area (TPSA) is 69.4 Å². The second kappa shape index (κ2) is 8.40. The number of rotatable bonds is 5. The molecule has 0 aromatic heterocycles. The van der Waals surface area contributed by atoms with E-state index in [0.29, 0.717) is 46.4 Å². The predicted octanol–water partition coefficient (Wildman–Crippen LogP) is 2.84. The van der Waals surface area contributed by atoms with Gasteiger partial charge in [0, 0.05) is 11.5 Å². The molecule has 0 bridgehead atoms. The van der Waals surface area contributed by atoms with Crippen molar-refractivity contribution in [2.75, 3.05) is 27.3 Å². The number of fused-ring (bicyclic) bond motifs is 1. The lowest BCUT2D eigenvalue weighted by Gasteiger charge is -2.28. The molecule has 2 heterocycles. The van der Waals surface area contributed by atoms with Crippen LogP contribution < -0.4 is 19.1 Å². The van der Waals surface area contributed by atoms with E-state index >= 15 is 0 Å². The van der Waals surface area contributed by atoms with Gasteiger partial charge < -0.3 is 24.2 Å². The highest BCUT2D eigenvalue weighted by Gasteiger charge is 2.33. The average Bonchev–Trinajstić information content (AvgIpc) is 3.06. The predicted molar refractivity (Wildman–Crippen MR) is 113 cm³/mol. The van der Waals surface area contributed by atoms with Gasteiger partial charge in [-0.05, 0) is 49.2 Å². The van der Waals surface area contributed by atoms with E-state index < -0.39 is 0 Å². The lowest BCUT2D eigenvalue weighted by molar-refractivity contribution is -0.922. The van der Waals surface area contributed by atoms with Crippen molar-refractivity contribution in [3.05, 3.63) is 52.8 Å². The van der Waals surface area contributed by atoms with Crippen LogP contribution in [0, 0.1) is 5.92 Å². The molecule has 0 amide bonds. The summed E-state index contributed by atoms with van der Waals surface area (Å²) in [4.78, 5) is 14.4. The van der Waals surface area contributed by atoms with Gasteiger partial charge in [-0.1, -0.05) is 6.92 Å². The fourth-order valence-corrected chi connectivity index (χ4v) is 4.37. The molecule has 2 N–H and O–H groups in total. The van der Waals surface area contributed by atoms with Crippen molar-refractivity contribution in [3.8, 4) is 23.0 Å². The van der Waals surface area contributed by atoms with Crippen molar-refractivity contribution >= 4 is 11.9 Å². The normalized spacial score (nSPS) is 22.0. The molecule has 1 fully saturated rings. The van der Waals surface area contributed by atoms with E-state index in [9.17, 15) is 9.90 Å². The van der Waals surface area contributed by atoms with Crippen molar-refractivity contribution in [1.29, 1.82) is 0 Å². The zero-order valence-electron chi connectivity index (χ0n) is 17.7. The van der Waals surface area contributed by atoms with Gasteiger partial charge in [0.1, 0.15) is 23.8 Å². The number of carbonyl (C=O) groups is 1. The Hall–Kier alpha value is -2.99. The summed E-state index contributed by atoms with van der Waals surface area (Å²) in [7, 11) is 3.17. The Kier molecular flexibility index (Phi) is 5.68. The molecule has 4 rings (SSSR count). The number of methoxy groups -OCH3 is 2. The Morgan fingerprint density at radius 3 is 2.80 bits per heavy atom. The van der Waals surface area contributed by atoms with Crippen LogP contribution in [-0.4, -0.2) is 38.2 Å². The number of ether oxygens (including phenoxy) is 3. The number of aromatic hydroxyl groups is 1. The van der Waals surface area contributed by atoms with Gasteiger partial charge in [-0.3, -0.25) is 4.79 Å². The molecule has 1 unspecified atom stereocenters. The number of carbonyl (C=O) groups excluding carboxylic acids is 1. The third-order valence-electron chi connectivity index (χ3n) is 5.93. The highest BCUT2D eigenvalue weighted by Crippen LogP contribution is 2.40. The summed E-state index contributed by atoms with van der Waals surface area (Å²) in [6.45, 7) is 5.02. The van der Waals surface area contributed by atoms with Crippen LogP contribution in [0.25, 0.3) is 6.08 Å². The quantitative estimate of drug-likeness (QED) is 0.742. The Morgan fingerprint density at radius 1 is 1.23 bits per heavy atom. The number of hydrogen-bond donors (Lipinski definition) is 2. The number of nitrogens with one attached hydrogen (secondary N) is 1. The van der Waals surface area contributed by atoms with Gasteiger partial charge in [0.2, 0.25) is 5.78 Å². The third-order valence-corrected chi connectivity index (χ3v) is 5.93. The van der Waals surface area contributed by atoms with E-state index in [1.165, 1.54) is 17.7 Å². The van der Waals surface area contributed by atoms with Crippen molar-refractivity contribution in [1.82, 2.24) is 0 Å². The maximum absolute atomic E-state index is 13.0. The molecular weight excluding hydrogens is 382 g/mol. The van der Waals surface area contributed by atoms with E-state index in [1.54, 1.807) is 50.6 Å². The zero-order chi connectivity index (χ0) is 21.3. The molecule has 6 nitrogen and oxygen atoms in total. The molecule has 0 saturated carbocycles. The lowest BCUT2D eigenvalue weighted by Crippen LogP contribution is -3.12. The molecule has 30 heavy (non-hydrogen) atoms. The van der Waals surface area contributed by atoms with Gasteiger partial charge >= 0.3 is 0 Å². The highest BCUT2D eigenvalue weighted by atomic mass is 16.5. The van der Waals surface area contributed by atoms with Crippen LogP contribution in [0.1, 0.15) is 41.3 Å². The Bertz CT molecular complexity index is 997. The Balaban J connectivity index is 1.67. The molecule has 0 radical (unpaired) electrons. The Labute approximate surface area is 176 Å². The summed E-state index contributed by atoms with van der Waals surface area (Å²) in [6, 6.07) is 8.61. The molecule has 2 aliphatic heterocycles. The fourth-order valence-electron chi connectivity index (χ4n) is 4.37. The number of piperidine rings is 1. The van der Waals surface area contributed by atoms with Crippen molar-refractivity contribution in [2.24, 2.45) is 5.92 Å². The average molecular weight is 410 g/mol. The molecule has 0 aliphatic carbocycles. The van der Waals surface area contributed by atoms with E-state index in [1.807, 2.05) is 0 Å². The van der Waals surface area contributed by atoms with Gasteiger partial charge in [-0.15, -0.1) is 0 Å². The molecule has 1 saturated heterocycles. The number of Topliss-reactive ketones (excluding diaryl/α,β-unsaturated/α-hetero) is 1. The van der Waals surface area contributed by atoms with E-state index in [4.69, 9.17) is 14.2 Å². The maximum Gasteiger partial charge on any atom is 0.231 e. The minimum Gasteiger partial charge on any atom is -0.507 e. The summed E-state index contributed by atoms with van der Waals surface area (Å²) in [5.74, 6) is 2.60. The van der Waals surface area contributed by atoms with E-state index in [-0.39, 0.29) is 17.3 Å². The van der Waals surface area contributed by atoms with Crippen LogP contribution in [0.4, 0.5) is 0 Å². The lowest BCUT2D eigenvalue weighted by atomic mass is 9.99. The minimum absolute atomic E-state index is 0.174. The van der Waals surface area contributed by atoms with Crippen LogP contribution in [0.15, 0.2) is 36.1 Å². The number of benzene rings is 2. The van der Waals surface area contributed by atoms with Gasteiger partial charge in [-0.25, -0.2) is 0 Å². The second-order valence-electron chi connectivity index (χ2n) is 8.12. The Morgan fingerprint density at radius 2 is 2.07 bits per heavy atom. The summed E-state index contributed by atoms with van der Waals surface area (Å²) >= 11 is 0. The van der Waals surface area contributed by atoms with Crippen LogP contribution in [-0.2, 0) is 6.54 Å². The number of quaternary nitrogens is 1. The summed E-state index contributed by atoms with van der Waals surface area (Å²) in [5, 5.41) is 10.5. The molecular formula is C24H28NO5+. The maximum atomic E-state index is 13.0. The van der Waals surface area contributed by atoms with Crippen molar-refractivity contribution in [2.45, 2.75) is 26.3 Å². The number of likely N-dealkylation sites (tertiary alicyclic amines) is 1. The second-order valence-corrected chi connectivity index (χ2v) is 8.12. The number of phenols is 1. The highest BCUT2D eigenvalue weighted by molar-refractivity contribution is 6.15. The molecule has 2 atom stereocenters.